The summed E-state index contributed by atoms with van der Waals surface area (Å²) in [6.07, 6.45) is 2.43. The van der Waals surface area contributed by atoms with Crippen LogP contribution in [0.3, 0.4) is 0 Å². The van der Waals surface area contributed by atoms with Crippen LogP contribution in [-0.2, 0) is 17.8 Å². The second-order valence-electron chi connectivity index (χ2n) is 7.41. The monoisotopic (exact) mass is 366 g/mol. The van der Waals surface area contributed by atoms with Crippen LogP contribution < -0.4 is 14.8 Å². The van der Waals surface area contributed by atoms with Crippen LogP contribution >= 0.6 is 0 Å². The molecule has 2 heterocycles. The number of hydrogen-bond donors (Lipinski definition) is 1. The third kappa shape index (κ3) is 4.42. The van der Waals surface area contributed by atoms with Gasteiger partial charge >= 0.3 is 0 Å². The fourth-order valence-electron chi connectivity index (χ4n) is 3.66. The SMILES string of the molecule is CN1CC(NCc2ccc(CC3COc4ccccc4O3)cc2)CCC1=O. The zero-order valence-electron chi connectivity index (χ0n) is 15.7. The molecular formula is C22H26N2O3. The summed E-state index contributed by atoms with van der Waals surface area (Å²) in [5.41, 5.74) is 2.50. The average Bonchev–Trinajstić information content (AvgIpc) is 2.70. The van der Waals surface area contributed by atoms with Gasteiger partial charge in [0.2, 0.25) is 5.91 Å². The van der Waals surface area contributed by atoms with Crippen molar-refractivity contribution < 1.29 is 14.3 Å². The molecule has 5 heteroatoms. The molecule has 0 aromatic heterocycles. The molecule has 1 saturated heterocycles. The van der Waals surface area contributed by atoms with E-state index in [0.29, 0.717) is 19.1 Å². The number of para-hydroxylation sites is 2. The van der Waals surface area contributed by atoms with Gasteiger partial charge in [0.15, 0.2) is 11.5 Å². The molecule has 142 valence electrons. The van der Waals surface area contributed by atoms with Crippen LogP contribution in [0.5, 0.6) is 11.5 Å². The Morgan fingerprint density at radius 3 is 2.59 bits per heavy atom. The topological polar surface area (TPSA) is 50.8 Å². The van der Waals surface area contributed by atoms with Crippen LogP contribution in [0.4, 0.5) is 0 Å². The largest absolute Gasteiger partial charge is 0.486 e. The molecule has 0 bridgehead atoms. The molecule has 2 aromatic carbocycles. The Bertz CT molecular complexity index is 790. The van der Waals surface area contributed by atoms with Gasteiger partial charge in [-0.2, -0.15) is 0 Å². The van der Waals surface area contributed by atoms with Gasteiger partial charge < -0.3 is 19.7 Å². The third-order valence-corrected chi connectivity index (χ3v) is 5.28. The first kappa shape index (κ1) is 17.9. The Labute approximate surface area is 160 Å². The Morgan fingerprint density at radius 2 is 1.81 bits per heavy atom. The van der Waals surface area contributed by atoms with Gasteiger partial charge in [-0.05, 0) is 29.7 Å². The summed E-state index contributed by atoms with van der Waals surface area (Å²) in [4.78, 5) is 13.4. The highest BCUT2D eigenvalue weighted by atomic mass is 16.6. The van der Waals surface area contributed by atoms with E-state index in [1.807, 2.05) is 36.2 Å². The lowest BCUT2D eigenvalue weighted by Crippen LogP contribution is -2.46. The lowest BCUT2D eigenvalue weighted by Gasteiger charge is -2.30. The molecule has 1 amide bonds. The number of hydrogen-bond acceptors (Lipinski definition) is 4. The minimum atomic E-state index is 0.0409. The molecule has 1 fully saturated rings. The molecule has 0 saturated carbocycles. The van der Waals surface area contributed by atoms with E-state index < -0.39 is 0 Å². The van der Waals surface area contributed by atoms with E-state index in [4.69, 9.17) is 9.47 Å². The first-order valence-electron chi connectivity index (χ1n) is 9.61. The molecule has 1 N–H and O–H groups in total. The lowest BCUT2D eigenvalue weighted by molar-refractivity contribution is -0.132. The molecule has 0 spiro atoms. The van der Waals surface area contributed by atoms with Crippen LogP contribution in [0.2, 0.25) is 0 Å². The fourth-order valence-corrected chi connectivity index (χ4v) is 3.66. The fraction of sp³-hybridized carbons (Fsp3) is 0.409. The number of benzene rings is 2. The van der Waals surface area contributed by atoms with Crippen LogP contribution in [0.25, 0.3) is 0 Å². The molecule has 0 radical (unpaired) electrons. The molecule has 27 heavy (non-hydrogen) atoms. The first-order chi connectivity index (χ1) is 13.2. The van der Waals surface area contributed by atoms with E-state index in [0.717, 1.165) is 37.4 Å². The number of piperidine rings is 1. The molecule has 0 aliphatic carbocycles. The van der Waals surface area contributed by atoms with Gasteiger partial charge in [-0.3, -0.25) is 4.79 Å². The standard InChI is InChI=1S/C22H26N2O3/c1-24-14-18(10-11-22(24)25)23-13-17-8-6-16(7-9-17)12-19-15-26-20-4-2-3-5-21(20)27-19/h2-9,18-19,23H,10-15H2,1H3. The Balaban J connectivity index is 1.27. The van der Waals surface area contributed by atoms with Gasteiger partial charge in [-0.1, -0.05) is 36.4 Å². The van der Waals surface area contributed by atoms with E-state index in [1.165, 1.54) is 11.1 Å². The van der Waals surface area contributed by atoms with Gasteiger partial charge in [-0.15, -0.1) is 0 Å². The summed E-state index contributed by atoms with van der Waals surface area (Å²) in [5.74, 6) is 1.89. The zero-order valence-corrected chi connectivity index (χ0v) is 15.7. The number of nitrogens with one attached hydrogen (secondary N) is 1. The van der Waals surface area contributed by atoms with Crippen molar-refractivity contribution in [2.75, 3.05) is 20.2 Å². The molecule has 2 aromatic rings. The quantitative estimate of drug-likeness (QED) is 0.884. The summed E-state index contributed by atoms with van der Waals surface area (Å²) in [6.45, 7) is 2.19. The number of carbonyl (C=O) groups is 1. The molecule has 2 aliphatic heterocycles. The predicted octanol–water partition coefficient (Wildman–Crippen LogP) is 2.78. The molecule has 2 atom stereocenters. The average molecular weight is 366 g/mol. The summed E-state index contributed by atoms with van der Waals surface area (Å²) in [6, 6.07) is 16.8. The molecular weight excluding hydrogens is 340 g/mol. The van der Waals surface area contributed by atoms with Gasteiger partial charge in [0.1, 0.15) is 12.7 Å². The number of ether oxygens (including phenoxy) is 2. The smallest absolute Gasteiger partial charge is 0.222 e. The van der Waals surface area contributed by atoms with Crippen molar-refractivity contribution in [2.45, 2.75) is 38.0 Å². The van der Waals surface area contributed by atoms with E-state index in [-0.39, 0.29) is 12.0 Å². The number of rotatable bonds is 5. The maximum absolute atomic E-state index is 11.6. The Morgan fingerprint density at radius 1 is 1.07 bits per heavy atom. The zero-order chi connectivity index (χ0) is 18.6. The summed E-state index contributed by atoms with van der Waals surface area (Å²) >= 11 is 0. The van der Waals surface area contributed by atoms with E-state index >= 15 is 0 Å². The normalized spacial score (nSPS) is 22.0. The molecule has 5 nitrogen and oxygen atoms in total. The number of fused-ring (bicyclic) bond motifs is 1. The van der Waals surface area contributed by atoms with Crippen LogP contribution in [-0.4, -0.2) is 43.2 Å². The van der Waals surface area contributed by atoms with Crippen molar-refractivity contribution in [1.29, 1.82) is 0 Å². The van der Waals surface area contributed by atoms with Crippen molar-refractivity contribution in [3.05, 3.63) is 59.7 Å². The van der Waals surface area contributed by atoms with Crippen molar-refractivity contribution in [1.82, 2.24) is 10.2 Å². The number of likely N-dealkylation sites (N-methyl/N-ethyl adjacent to an activating group) is 1. The van der Waals surface area contributed by atoms with Crippen molar-refractivity contribution >= 4 is 5.91 Å². The highest BCUT2D eigenvalue weighted by Gasteiger charge is 2.22. The highest BCUT2D eigenvalue weighted by molar-refractivity contribution is 5.76. The predicted molar refractivity (Wildman–Crippen MR) is 104 cm³/mol. The van der Waals surface area contributed by atoms with Crippen molar-refractivity contribution in [2.24, 2.45) is 0 Å². The first-order valence-corrected chi connectivity index (χ1v) is 9.61. The van der Waals surface area contributed by atoms with Gasteiger partial charge in [0.25, 0.3) is 0 Å². The molecule has 2 unspecified atom stereocenters. The summed E-state index contributed by atoms with van der Waals surface area (Å²) in [7, 11) is 1.88. The van der Waals surface area contributed by atoms with Gasteiger partial charge in [0.05, 0.1) is 0 Å². The van der Waals surface area contributed by atoms with Crippen LogP contribution in [0, 0.1) is 0 Å². The molecule has 4 rings (SSSR count). The van der Waals surface area contributed by atoms with Crippen molar-refractivity contribution in [3.8, 4) is 11.5 Å². The van der Waals surface area contributed by atoms with Crippen LogP contribution in [0.15, 0.2) is 48.5 Å². The number of amides is 1. The van der Waals surface area contributed by atoms with E-state index in [9.17, 15) is 4.79 Å². The maximum atomic E-state index is 11.6. The highest BCUT2D eigenvalue weighted by Crippen LogP contribution is 2.31. The summed E-state index contributed by atoms with van der Waals surface area (Å²) < 4.78 is 11.8. The number of likely N-dealkylation sites (tertiary alicyclic amines) is 1. The summed E-state index contributed by atoms with van der Waals surface area (Å²) in [5, 5.41) is 3.56. The van der Waals surface area contributed by atoms with E-state index in [2.05, 4.69) is 29.6 Å². The molecule has 2 aliphatic rings. The maximum Gasteiger partial charge on any atom is 0.222 e. The van der Waals surface area contributed by atoms with Crippen molar-refractivity contribution in [3.63, 3.8) is 0 Å². The minimum absolute atomic E-state index is 0.0409. The second kappa shape index (κ2) is 8.01. The van der Waals surface area contributed by atoms with E-state index in [1.54, 1.807) is 0 Å². The Kier molecular flexibility index (Phi) is 5.30. The number of nitrogens with zero attached hydrogens (tertiary/aromatic N) is 1. The van der Waals surface area contributed by atoms with Crippen LogP contribution in [0.1, 0.15) is 24.0 Å². The van der Waals surface area contributed by atoms with Gasteiger partial charge in [0, 0.05) is 39.0 Å². The Hall–Kier alpha value is -2.53. The minimum Gasteiger partial charge on any atom is -0.486 e. The van der Waals surface area contributed by atoms with Gasteiger partial charge in [-0.25, -0.2) is 0 Å². The third-order valence-electron chi connectivity index (χ3n) is 5.28. The lowest BCUT2D eigenvalue weighted by atomic mass is 10.0. The number of carbonyl (C=O) groups excluding carboxylic acids is 1. The second-order valence-corrected chi connectivity index (χ2v) is 7.41.